The third-order valence-corrected chi connectivity index (χ3v) is 2.71. The number of benzene rings is 1. The van der Waals surface area contributed by atoms with E-state index in [9.17, 15) is 4.79 Å². The average Bonchev–Trinajstić information content (AvgIpc) is 2.35. The lowest BCUT2D eigenvalue weighted by Gasteiger charge is -2.18. The highest BCUT2D eigenvalue weighted by molar-refractivity contribution is 7.80. The monoisotopic (exact) mass is 252 g/mol. The molecule has 0 aliphatic rings. The van der Waals surface area contributed by atoms with Crippen LogP contribution in [0.3, 0.4) is 0 Å². The second-order valence-electron chi connectivity index (χ2n) is 3.66. The highest BCUT2D eigenvalue weighted by Crippen LogP contribution is 2.14. The number of esters is 1. The first kappa shape index (κ1) is 13.4. The van der Waals surface area contributed by atoms with Gasteiger partial charge in [-0.3, -0.25) is 4.79 Å². The minimum absolute atomic E-state index is 0.211. The van der Waals surface area contributed by atoms with Crippen molar-refractivity contribution >= 4 is 28.9 Å². The number of nitrogens with two attached hydrogens (primary N) is 1. The molecule has 0 heterocycles. The molecule has 1 aromatic rings. The minimum Gasteiger partial charge on any atom is -0.469 e. The Kier molecular flexibility index (Phi) is 4.90. The minimum atomic E-state index is -0.211. The number of hydrogen-bond donors (Lipinski definition) is 1. The smallest absolute Gasteiger partial charge is 0.307 e. The zero-order valence-electron chi connectivity index (χ0n) is 9.97. The normalized spacial score (nSPS) is 9.76. The fourth-order valence-electron chi connectivity index (χ4n) is 1.37. The van der Waals surface area contributed by atoms with Gasteiger partial charge in [0.1, 0.15) is 4.99 Å². The molecule has 1 rings (SSSR count). The van der Waals surface area contributed by atoms with Crippen molar-refractivity contribution in [2.45, 2.75) is 6.42 Å². The highest BCUT2D eigenvalue weighted by atomic mass is 32.1. The van der Waals surface area contributed by atoms with Gasteiger partial charge >= 0.3 is 5.97 Å². The molecule has 17 heavy (non-hydrogen) atoms. The summed E-state index contributed by atoms with van der Waals surface area (Å²) >= 11 is 4.88. The van der Waals surface area contributed by atoms with Crippen LogP contribution in [0.15, 0.2) is 24.3 Å². The van der Waals surface area contributed by atoms with E-state index >= 15 is 0 Å². The number of ether oxygens (including phenoxy) is 1. The second kappa shape index (κ2) is 6.20. The van der Waals surface area contributed by atoms with E-state index in [4.69, 9.17) is 18.0 Å². The van der Waals surface area contributed by atoms with Gasteiger partial charge in [0.2, 0.25) is 0 Å². The summed E-state index contributed by atoms with van der Waals surface area (Å²) in [6.45, 7) is 0.610. The van der Waals surface area contributed by atoms with E-state index in [-0.39, 0.29) is 5.97 Å². The van der Waals surface area contributed by atoms with Crippen LogP contribution in [0.2, 0.25) is 0 Å². The lowest BCUT2D eigenvalue weighted by molar-refractivity contribution is -0.140. The van der Waals surface area contributed by atoms with Crippen LogP contribution in [0.25, 0.3) is 0 Å². The van der Waals surface area contributed by atoms with Crippen molar-refractivity contribution in [3.8, 4) is 0 Å². The van der Waals surface area contributed by atoms with E-state index < -0.39 is 0 Å². The summed E-state index contributed by atoms with van der Waals surface area (Å²) in [5.74, 6) is -0.211. The molecule has 0 radical (unpaired) electrons. The summed E-state index contributed by atoms with van der Waals surface area (Å²) in [5, 5.41) is 0. The lowest BCUT2D eigenvalue weighted by Crippen LogP contribution is -2.21. The average molecular weight is 252 g/mol. The van der Waals surface area contributed by atoms with E-state index in [1.165, 1.54) is 7.11 Å². The van der Waals surface area contributed by atoms with Crippen LogP contribution < -0.4 is 10.6 Å². The first-order valence-corrected chi connectivity index (χ1v) is 5.63. The van der Waals surface area contributed by atoms with Crippen LogP contribution in [-0.2, 0) is 9.53 Å². The molecule has 0 saturated carbocycles. The molecule has 0 amide bonds. The van der Waals surface area contributed by atoms with Gasteiger partial charge in [0.15, 0.2) is 0 Å². The van der Waals surface area contributed by atoms with Gasteiger partial charge in [0.25, 0.3) is 0 Å². The van der Waals surface area contributed by atoms with Gasteiger partial charge in [-0.05, 0) is 24.3 Å². The van der Waals surface area contributed by atoms with Crippen LogP contribution in [0.1, 0.15) is 12.0 Å². The summed E-state index contributed by atoms with van der Waals surface area (Å²) in [5.41, 5.74) is 7.36. The Balaban J connectivity index is 2.60. The number of rotatable bonds is 5. The van der Waals surface area contributed by atoms with Crippen LogP contribution in [0.5, 0.6) is 0 Å². The number of nitrogens with zero attached hydrogens (tertiary/aromatic N) is 1. The number of carbonyl (C=O) groups is 1. The fraction of sp³-hybridized carbons (Fsp3) is 0.333. The maximum Gasteiger partial charge on any atom is 0.307 e. The second-order valence-corrected chi connectivity index (χ2v) is 4.10. The molecule has 5 heteroatoms. The molecular formula is C12H16N2O2S. The van der Waals surface area contributed by atoms with Crippen molar-refractivity contribution in [2.75, 3.05) is 25.6 Å². The van der Waals surface area contributed by atoms with Crippen molar-refractivity contribution < 1.29 is 9.53 Å². The summed E-state index contributed by atoms with van der Waals surface area (Å²) in [7, 11) is 3.30. The standard InChI is InChI=1S/C12H16N2O2S/c1-14(8-7-11(15)16-2)10-5-3-9(4-6-10)12(13)17/h3-6H,7-8H2,1-2H3,(H2,13,17). The molecule has 0 saturated heterocycles. The number of thiocarbonyl (C=S) groups is 1. The first-order valence-electron chi connectivity index (χ1n) is 5.22. The summed E-state index contributed by atoms with van der Waals surface area (Å²) in [4.78, 5) is 13.4. The predicted octanol–water partition coefficient (Wildman–Crippen LogP) is 1.32. The molecule has 0 fully saturated rings. The predicted molar refractivity (Wildman–Crippen MR) is 72.2 cm³/mol. The van der Waals surface area contributed by atoms with E-state index in [0.29, 0.717) is 18.0 Å². The third kappa shape index (κ3) is 4.03. The molecule has 0 aromatic heterocycles. The van der Waals surface area contributed by atoms with Gasteiger partial charge in [0.05, 0.1) is 13.5 Å². The Bertz CT molecular complexity index is 403. The Labute approximate surface area is 106 Å². The summed E-state index contributed by atoms with van der Waals surface area (Å²) in [6, 6.07) is 7.58. The molecule has 2 N–H and O–H groups in total. The molecule has 4 nitrogen and oxygen atoms in total. The van der Waals surface area contributed by atoms with Gasteiger partial charge in [-0.1, -0.05) is 12.2 Å². The largest absolute Gasteiger partial charge is 0.469 e. The molecular weight excluding hydrogens is 236 g/mol. The third-order valence-electron chi connectivity index (χ3n) is 2.47. The van der Waals surface area contributed by atoms with Gasteiger partial charge in [-0.2, -0.15) is 0 Å². The Morgan fingerprint density at radius 2 is 2.00 bits per heavy atom. The molecule has 92 valence electrons. The van der Waals surface area contributed by atoms with Crippen LogP contribution >= 0.6 is 12.2 Å². The van der Waals surface area contributed by atoms with E-state index in [0.717, 1.165) is 11.3 Å². The number of carbonyl (C=O) groups excluding carboxylic acids is 1. The number of hydrogen-bond acceptors (Lipinski definition) is 4. The van der Waals surface area contributed by atoms with Crippen molar-refractivity contribution in [3.05, 3.63) is 29.8 Å². The molecule has 0 aliphatic carbocycles. The summed E-state index contributed by atoms with van der Waals surface area (Å²) < 4.78 is 4.59. The number of methoxy groups -OCH3 is 1. The molecule has 0 atom stereocenters. The van der Waals surface area contributed by atoms with Crippen LogP contribution in [0.4, 0.5) is 5.69 Å². The zero-order chi connectivity index (χ0) is 12.8. The number of anilines is 1. The zero-order valence-corrected chi connectivity index (χ0v) is 10.8. The Hall–Kier alpha value is -1.62. The molecule has 1 aromatic carbocycles. The van der Waals surface area contributed by atoms with E-state index in [2.05, 4.69) is 4.74 Å². The lowest BCUT2D eigenvalue weighted by atomic mass is 10.2. The molecule has 0 spiro atoms. The summed E-state index contributed by atoms with van der Waals surface area (Å²) in [6.07, 6.45) is 0.365. The van der Waals surface area contributed by atoms with Gasteiger partial charge in [-0.25, -0.2) is 0 Å². The van der Waals surface area contributed by atoms with Gasteiger partial charge < -0.3 is 15.4 Å². The van der Waals surface area contributed by atoms with Crippen LogP contribution in [-0.4, -0.2) is 31.7 Å². The quantitative estimate of drug-likeness (QED) is 0.632. The first-order chi connectivity index (χ1) is 8.04. The maximum atomic E-state index is 11.0. The maximum absolute atomic E-state index is 11.0. The van der Waals surface area contributed by atoms with Crippen LogP contribution in [0, 0.1) is 0 Å². The Morgan fingerprint density at radius 1 is 1.41 bits per heavy atom. The van der Waals surface area contributed by atoms with Gasteiger partial charge in [0, 0.05) is 24.8 Å². The fourth-order valence-corrected chi connectivity index (χ4v) is 1.51. The molecule has 0 aliphatic heterocycles. The SMILES string of the molecule is COC(=O)CCN(C)c1ccc(C(N)=S)cc1. The topological polar surface area (TPSA) is 55.6 Å². The molecule has 0 unspecified atom stereocenters. The van der Waals surface area contributed by atoms with E-state index in [1.807, 2.05) is 36.2 Å². The van der Waals surface area contributed by atoms with E-state index in [1.54, 1.807) is 0 Å². The Morgan fingerprint density at radius 3 is 2.47 bits per heavy atom. The highest BCUT2D eigenvalue weighted by Gasteiger charge is 2.05. The molecule has 0 bridgehead atoms. The van der Waals surface area contributed by atoms with Crippen molar-refractivity contribution in [3.63, 3.8) is 0 Å². The van der Waals surface area contributed by atoms with Crippen molar-refractivity contribution in [1.29, 1.82) is 0 Å². The van der Waals surface area contributed by atoms with Crippen molar-refractivity contribution in [2.24, 2.45) is 5.73 Å². The van der Waals surface area contributed by atoms with Crippen molar-refractivity contribution in [1.82, 2.24) is 0 Å². The van der Waals surface area contributed by atoms with Gasteiger partial charge in [-0.15, -0.1) is 0 Å².